The highest BCUT2D eigenvalue weighted by Crippen LogP contribution is 2.25. The first-order valence-electron chi connectivity index (χ1n) is 5.09. The Morgan fingerprint density at radius 2 is 2.00 bits per heavy atom. The molecule has 0 bridgehead atoms. The van der Waals surface area contributed by atoms with Gasteiger partial charge in [-0.25, -0.2) is 0 Å². The molecule has 1 aromatic rings. The van der Waals surface area contributed by atoms with E-state index in [1.165, 1.54) is 0 Å². The summed E-state index contributed by atoms with van der Waals surface area (Å²) in [7, 11) is 0. The minimum absolute atomic E-state index is 0.149. The quantitative estimate of drug-likeness (QED) is 0.689. The molecule has 1 atom stereocenters. The van der Waals surface area contributed by atoms with E-state index in [9.17, 15) is 5.11 Å². The monoisotopic (exact) mass is 263 g/mol. The second-order valence-electron chi connectivity index (χ2n) is 3.47. The fourth-order valence-electron chi connectivity index (χ4n) is 1.28. The summed E-state index contributed by atoms with van der Waals surface area (Å²) in [6, 6.07) is 5.06. The topological polar surface area (TPSA) is 52.5 Å². The van der Waals surface area contributed by atoms with Gasteiger partial charge in [-0.1, -0.05) is 29.3 Å². The van der Waals surface area contributed by atoms with E-state index in [0.717, 1.165) is 5.56 Å². The lowest BCUT2D eigenvalue weighted by molar-refractivity contribution is 0.173. The van der Waals surface area contributed by atoms with Crippen molar-refractivity contribution in [3.8, 4) is 0 Å². The summed E-state index contributed by atoms with van der Waals surface area (Å²) in [5.74, 6) is 0. The first kappa shape index (κ1) is 13.7. The van der Waals surface area contributed by atoms with Gasteiger partial charge in [0.1, 0.15) is 0 Å². The predicted octanol–water partition coefficient (Wildman–Crippen LogP) is 2.00. The fourth-order valence-corrected chi connectivity index (χ4v) is 1.59. The highest BCUT2D eigenvalue weighted by Gasteiger charge is 2.08. The molecular weight excluding hydrogens is 249 g/mol. The molecule has 3 nitrogen and oxygen atoms in total. The van der Waals surface area contributed by atoms with E-state index in [-0.39, 0.29) is 6.61 Å². The number of nitrogens with one attached hydrogen (secondary N) is 1. The molecule has 0 aliphatic carbocycles. The van der Waals surface area contributed by atoms with Crippen LogP contribution < -0.4 is 5.32 Å². The number of aliphatic hydroxyl groups excluding tert-OH is 2. The minimum atomic E-state index is -0.617. The van der Waals surface area contributed by atoms with E-state index in [2.05, 4.69) is 5.32 Å². The highest BCUT2D eigenvalue weighted by atomic mass is 35.5. The summed E-state index contributed by atoms with van der Waals surface area (Å²) in [5, 5.41) is 22.3. The van der Waals surface area contributed by atoms with E-state index in [1.807, 2.05) is 0 Å². The molecule has 1 rings (SSSR count). The zero-order chi connectivity index (χ0) is 12.0. The first-order valence-corrected chi connectivity index (χ1v) is 5.85. The number of benzene rings is 1. The molecule has 0 aromatic heterocycles. The van der Waals surface area contributed by atoms with Crippen LogP contribution in [0.1, 0.15) is 18.1 Å². The fraction of sp³-hybridized carbons (Fsp3) is 0.455. The highest BCUT2D eigenvalue weighted by molar-refractivity contribution is 6.42. The molecular formula is C11H15Cl2NO2. The van der Waals surface area contributed by atoms with Crippen molar-refractivity contribution in [1.82, 2.24) is 5.32 Å². The number of aliphatic hydroxyl groups is 2. The predicted molar refractivity (Wildman–Crippen MR) is 66.0 cm³/mol. The van der Waals surface area contributed by atoms with E-state index >= 15 is 0 Å². The van der Waals surface area contributed by atoms with Gasteiger partial charge in [-0.2, -0.15) is 0 Å². The van der Waals surface area contributed by atoms with Gasteiger partial charge in [0.2, 0.25) is 0 Å². The van der Waals surface area contributed by atoms with Crippen molar-refractivity contribution >= 4 is 23.2 Å². The number of hydrogen-bond donors (Lipinski definition) is 3. The van der Waals surface area contributed by atoms with Crippen LogP contribution in [0.3, 0.4) is 0 Å². The van der Waals surface area contributed by atoms with Crippen LogP contribution in [0.25, 0.3) is 0 Å². The lowest BCUT2D eigenvalue weighted by Gasteiger charge is -2.12. The third-order valence-corrected chi connectivity index (χ3v) is 2.92. The summed E-state index contributed by atoms with van der Waals surface area (Å²) in [4.78, 5) is 0. The van der Waals surface area contributed by atoms with Gasteiger partial charge in [0.05, 0.1) is 16.1 Å². The van der Waals surface area contributed by atoms with E-state index in [0.29, 0.717) is 29.6 Å². The van der Waals surface area contributed by atoms with Crippen molar-refractivity contribution in [1.29, 1.82) is 0 Å². The number of rotatable bonds is 6. The minimum Gasteiger partial charge on any atom is -0.396 e. The zero-order valence-corrected chi connectivity index (χ0v) is 10.3. The molecule has 0 aliphatic heterocycles. The molecule has 0 spiro atoms. The maximum Gasteiger partial charge on any atom is 0.0914 e. The van der Waals surface area contributed by atoms with Gasteiger partial charge >= 0.3 is 0 Å². The normalized spacial score (nSPS) is 12.8. The molecule has 0 aliphatic rings. The van der Waals surface area contributed by atoms with Gasteiger partial charge in [0.25, 0.3) is 0 Å². The standard InChI is InChI=1S/C11H15Cl2NO2/c12-9-3-2-8(6-10(9)13)11(16)7-14-4-1-5-15/h2-3,6,11,14-16H,1,4-5,7H2. The Labute approximate surface area is 105 Å². The van der Waals surface area contributed by atoms with Crippen LogP contribution in [0.4, 0.5) is 0 Å². The second kappa shape index (κ2) is 7.09. The van der Waals surface area contributed by atoms with Crippen LogP contribution in [0.5, 0.6) is 0 Å². The molecule has 0 radical (unpaired) electrons. The molecule has 0 saturated heterocycles. The Hall–Kier alpha value is -0.320. The third-order valence-electron chi connectivity index (χ3n) is 2.18. The molecule has 5 heteroatoms. The van der Waals surface area contributed by atoms with Crippen LogP contribution >= 0.6 is 23.2 Å². The Kier molecular flexibility index (Phi) is 6.09. The van der Waals surface area contributed by atoms with Gasteiger partial charge in [-0.3, -0.25) is 0 Å². The Balaban J connectivity index is 2.46. The summed E-state index contributed by atoms with van der Waals surface area (Å²) in [6.45, 7) is 1.25. The van der Waals surface area contributed by atoms with Crippen LogP contribution in [-0.4, -0.2) is 29.9 Å². The Morgan fingerprint density at radius 1 is 1.25 bits per heavy atom. The maximum absolute atomic E-state index is 9.81. The van der Waals surface area contributed by atoms with Gasteiger partial charge in [-0.15, -0.1) is 0 Å². The number of hydrogen-bond acceptors (Lipinski definition) is 3. The Bertz CT molecular complexity index is 334. The van der Waals surface area contributed by atoms with Gasteiger partial charge in [-0.05, 0) is 30.7 Å². The van der Waals surface area contributed by atoms with Gasteiger partial charge in [0, 0.05) is 13.2 Å². The second-order valence-corrected chi connectivity index (χ2v) is 4.29. The largest absolute Gasteiger partial charge is 0.396 e. The van der Waals surface area contributed by atoms with Gasteiger partial charge in [0.15, 0.2) is 0 Å². The van der Waals surface area contributed by atoms with Crippen LogP contribution in [0.2, 0.25) is 10.0 Å². The van der Waals surface area contributed by atoms with Crippen molar-refractivity contribution in [3.63, 3.8) is 0 Å². The smallest absolute Gasteiger partial charge is 0.0914 e. The van der Waals surface area contributed by atoms with Crippen LogP contribution in [-0.2, 0) is 0 Å². The van der Waals surface area contributed by atoms with Gasteiger partial charge < -0.3 is 15.5 Å². The van der Waals surface area contributed by atoms with Crippen molar-refractivity contribution in [2.75, 3.05) is 19.7 Å². The molecule has 0 amide bonds. The Morgan fingerprint density at radius 3 is 2.62 bits per heavy atom. The third kappa shape index (κ3) is 4.28. The van der Waals surface area contributed by atoms with Crippen molar-refractivity contribution in [2.24, 2.45) is 0 Å². The SMILES string of the molecule is OCCCNCC(O)c1ccc(Cl)c(Cl)c1. The molecule has 1 aromatic carbocycles. The number of halogens is 2. The van der Waals surface area contributed by atoms with E-state index in [4.69, 9.17) is 28.3 Å². The molecule has 3 N–H and O–H groups in total. The van der Waals surface area contributed by atoms with E-state index in [1.54, 1.807) is 18.2 Å². The first-order chi connectivity index (χ1) is 7.65. The molecule has 1 unspecified atom stereocenters. The summed E-state index contributed by atoms with van der Waals surface area (Å²) in [5.41, 5.74) is 0.728. The summed E-state index contributed by atoms with van der Waals surface area (Å²) < 4.78 is 0. The molecule has 16 heavy (non-hydrogen) atoms. The van der Waals surface area contributed by atoms with Crippen LogP contribution in [0, 0.1) is 0 Å². The lowest BCUT2D eigenvalue weighted by Crippen LogP contribution is -2.23. The maximum atomic E-state index is 9.81. The van der Waals surface area contributed by atoms with Crippen molar-refractivity contribution in [2.45, 2.75) is 12.5 Å². The molecule has 0 saturated carbocycles. The average molecular weight is 264 g/mol. The molecule has 90 valence electrons. The summed E-state index contributed by atoms with van der Waals surface area (Å²) in [6.07, 6.45) is 0.0575. The molecule has 0 heterocycles. The summed E-state index contributed by atoms with van der Waals surface area (Å²) >= 11 is 11.6. The molecule has 0 fully saturated rings. The van der Waals surface area contributed by atoms with E-state index < -0.39 is 6.10 Å². The van der Waals surface area contributed by atoms with Crippen molar-refractivity contribution < 1.29 is 10.2 Å². The van der Waals surface area contributed by atoms with Crippen LogP contribution in [0.15, 0.2) is 18.2 Å². The average Bonchev–Trinajstić information content (AvgIpc) is 2.28. The lowest BCUT2D eigenvalue weighted by atomic mass is 10.1. The zero-order valence-electron chi connectivity index (χ0n) is 8.79. The van der Waals surface area contributed by atoms with Crippen molar-refractivity contribution in [3.05, 3.63) is 33.8 Å².